The largest absolute Gasteiger partial charge is 0.467 e. The lowest BCUT2D eigenvalue weighted by Crippen LogP contribution is -2.40. The second-order valence-electron chi connectivity index (χ2n) is 5.89. The Morgan fingerprint density at radius 3 is 2.54 bits per heavy atom. The fourth-order valence-electron chi connectivity index (χ4n) is 2.85. The van der Waals surface area contributed by atoms with Crippen LogP contribution in [0.5, 0.6) is 0 Å². The number of carbonyl (C=O) groups is 1. The van der Waals surface area contributed by atoms with Crippen molar-refractivity contribution < 1.29 is 32.2 Å². The summed E-state index contributed by atoms with van der Waals surface area (Å²) < 4.78 is 56.4. The summed E-state index contributed by atoms with van der Waals surface area (Å²) in [5.41, 5.74) is -0.897. The Hall–Kier alpha value is -1.67. The van der Waals surface area contributed by atoms with E-state index in [2.05, 4.69) is 4.74 Å². The second kappa shape index (κ2) is 7.48. The van der Waals surface area contributed by atoms with Crippen molar-refractivity contribution in [3.63, 3.8) is 0 Å². The van der Waals surface area contributed by atoms with E-state index in [9.17, 15) is 27.5 Å². The van der Waals surface area contributed by atoms with Crippen molar-refractivity contribution in [3.8, 4) is 0 Å². The van der Waals surface area contributed by atoms with Gasteiger partial charge in [-0.1, -0.05) is 0 Å². The molecule has 1 aromatic rings. The van der Waals surface area contributed by atoms with Crippen LogP contribution in [0.4, 0.5) is 17.6 Å². The highest BCUT2D eigenvalue weighted by Gasteiger charge is 2.32. The monoisotopic (exact) mass is 349 g/mol. The molecule has 8 heteroatoms. The number of aliphatic hydroxyl groups excluding tert-OH is 1. The minimum absolute atomic E-state index is 0.0169. The van der Waals surface area contributed by atoms with Gasteiger partial charge in [-0.15, -0.1) is 0 Å². The minimum Gasteiger partial charge on any atom is -0.467 e. The van der Waals surface area contributed by atoms with Gasteiger partial charge in [-0.25, -0.2) is 9.18 Å². The van der Waals surface area contributed by atoms with E-state index >= 15 is 0 Å². The van der Waals surface area contributed by atoms with Crippen molar-refractivity contribution >= 4 is 5.97 Å². The van der Waals surface area contributed by atoms with Crippen LogP contribution >= 0.6 is 0 Å². The topological polar surface area (TPSA) is 49.8 Å². The molecule has 1 N–H and O–H groups in total. The van der Waals surface area contributed by atoms with Crippen molar-refractivity contribution in [1.82, 2.24) is 4.90 Å². The first-order valence-electron chi connectivity index (χ1n) is 7.56. The summed E-state index contributed by atoms with van der Waals surface area (Å²) in [5, 5.41) is 9.81. The molecule has 0 saturated carbocycles. The first kappa shape index (κ1) is 18.7. The Kier molecular flexibility index (Phi) is 5.82. The van der Waals surface area contributed by atoms with E-state index in [0.717, 1.165) is 18.2 Å². The number of methoxy groups -OCH3 is 1. The molecule has 1 heterocycles. The van der Waals surface area contributed by atoms with Crippen LogP contribution in [0, 0.1) is 11.7 Å². The summed E-state index contributed by atoms with van der Waals surface area (Å²) in [7, 11) is 1.19. The minimum atomic E-state index is -4.51. The molecular weight excluding hydrogens is 330 g/mol. The number of ether oxygens (including phenoxy) is 1. The summed E-state index contributed by atoms with van der Waals surface area (Å²) in [5.74, 6) is -1.64. The molecule has 1 aliphatic heterocycles. The van der Waals surface area contributed by atoms with Crippen molar-refractivity contribution in [3.05, 3.63) is 35.1 Å². The molecule has 0 aromatic heterocycles. The number of carbonyl (C=O) groups excluding carboxylic acids is 1. The standard InChI is InChI=1S/C16H19F4NO3/c1-24-15(23)14(22)10-4-6-21(7-5-10)9-11-8-12(16(18,19)20)2-3-13(11)17/h2-3,8,10,14,22H,4-7,9H2,1H3/t14-/m1/s1. The fraction of sp³-hybridized carbons (Fsp3) is 0.562. The van der Waals surface area contributed by atoms with Crippen LogP contribution < -0.4 is 0 Å². The van der Waals surface area contributed by atoms with Gasteiger partial charge in [0.2, 0.25) is 0 Å². The van der Waals surface area contributed by atoms with Gasteiger partial charge >= 0.3 is 12.1 Å². The predicted octanol–water partition coefficient (Wildman–Crippen LogP) is 2.59. The summed E-state index contributed by atoms with van der Waals surface area (Å²) in [6.45, 7) is 0.958. The molecule has 0 unspecified atom stereocenters. The molecule has 134 valence electrons. The molecule has 0 radical (unpaired) electrons. The van der Waals surface area contributed by atoms with Crippen LogP contribution in [0.15, 0.2) is 18.2 Å². The lowest BCUT2D eigenvalue weighted by atomic mass is 9.91. The molecule has 1 saturated heterocycles. The molecule has 0 amide bonds. The third-order valence-electron chi connectivity index (χ3n) is 4.29. The van der Waals surface area contributed by atoms with E-state index < -0.39 is 29.6 Å². The highest BCUT2D eigenvalue weighted by molar-refractivity contribution is 5.74. The maximum atomic E-state index is 13.8. The van der Waals surface area contributed by atoms with Gasteiger partial charge in [0.1, 0.15) is 5.82 Å². The maximum absolute atomic E-state index is 13.8. The molecule has 1 aliphatic rings. The zero-order valence-electron chi connectivity index (χ0n) is 13.1. The van der Waals surface area contributed by atoms with Crippen molar-refractivity contribution in [2.45, 2.75) is 31.7 Å². The molecule has 0 bridgehead atoms. The summed E-state index contributed by atoms with van der Waals surface area (Å²) in [6, 6.07) is 2.37. The summed E-state index contributed by atoms with van der Waals surface area (Å²) >= 11 is 0. The van der Waals surface area contributed by atoms with E-state index in [1.807, 2.05) is 0 Å². The summed E-state index contributed by atoms with van der Waals surface area (Å²) in [4.78, 5) is 13.1. The SMILES string of the molecule is COC(=O)[C@H](O)C1CCN(Cc2cc(C(F)(F)F)ccc2F)CC1. The maximum Gasteiger partial charge on any atom is 0.416 e. The zero-order valence-corrected chi connectivity index (χ0v) is 13.1. The van der Waals surface area contributed by atoms with Gasteiger partial charge in [-0.05, 0) is 50.0 Å². The third kappa shape index (κ3) is 4.45. The van der Waals surface area contributed by atoms with E-state index in [1.165, 1.54) is 7.11 Å². The Morgan fingerprint density at radius 2 is 2.00 bits per heavy atom. The molecule has 1 aromatic carbocycles. The first-order chi connectivity index (χ1) is 11.2. The van der Waals surface area contributed by atoms with E-state index in [-0.39, 0.29) is 18.0 Å². The quantitative estimate of drug-likeness (QED) is 0.671. The number of rotatable bonds is 4. The van der Waals surface area contributed by atoms with Crippen molar-refractivity contribution in [2.75, 3.05) is 20.2 Å². The van der Waals surface area contributed by atoms with Gasteiger partial charge < -0.3 is 9.84 Å². The number of esters is 1. The van der Waals surface area contributed by atoms with Crippen LogP contribution in [0.2, 0.25) is 0 Å². The molecule has 1 fully saturated rings. The molecule has 1 atom stereocenters. The number of halogens is 4. The Balaban J connectivity index is 1.98. The normalized spacial score (nSPS) is 18.4. The predicted molar refractivity (Wildman–Crippen MR) is 77.4 cm³/mol. The number of likely N-dealkylation sites (tertiary alicyclic amines) is 1. The summed E-state index contributed by atoms with van der Waals surface area (Å²) in [6.07, 6.45) is -4.75. The Bertz CT molecular complexity index is 583. The van der Waals surface area contributed by atoms with Crippen molar-refractivity contribution in [2.24, 2.45) is 5.92 Å². The van der Waals surface area contributed by atoms with E-state index in [1.54, 1.807) is 4.90 Å². The lowest BCUT2D eigenvalue weighted by molar-refractivity contribution is -0.154. The number of benzene rings is 1. The molecule has 0 spiro atoms. The van der Waals surface area contributed by atoms with Crippen LogP contribution in [0.3, 0.4) is 0 Å². The first-order valence-corrected chi connectivity index (χ1v) is 7.56. The third-order valence-corrected chi connectivity index (χ3v) is 4.29. The Morgan fingerprint density at radius 1 is 1.38 bits per heavy atom. The van der Waals surface area contributed by atoms with Crippen LogP contribution in [-0.4, -0.2) is 42.3 Å². The number of piperidine rings is 1. The van der Waals surface area contributed by atoms with E-state index in [4.69, 9.17) is 0 Å². The fourth-order valence-corrected chi connectivity index (χ4v) is 2.85. The van der Waals surface area contributed by atoms with Gasteiger partial charge in [0.05, 0.1) is 12.7 Å². The van der Waals surface area contributed by atoms with Gasteiger partial charge in [-0.3, -0.25) is 4.90 Å². The second-order valence-corrected chi connectivity index (χ2v) is 5.89. The zero-order chi connectivity index (χ0) is 17.9. The van der Waals surface area contributed by atoms with Crippen LogP contribution in [-0.2, 0) is 22.3 Å². The molecule has 0 aliphatic carbocycles. The number of aliphatic hydroxyl groups is 1. The van der Waals surface area contributed by atoms with Gasteiger partial charge in [0.15, 0.2) is 6.10 Å². The van der Waals surface area contributed by atoms with Crippen LogP contribution in [0.25, 0.3) is 0 Å². The average Bonchev–Trinajstić information content (AvgIpc) is 2.55. The number of nitrogens with zero attached hydrogens (tertiary/aromatic N) is 1. The number of alkyl halides is 3. The molecular formula is C16H19F4NO3. The molecule has 24 heavy (non-hydrogen) atoms. The van der Waals surface area contributed by atoms with Crippen LogP contribution in [0.1, 0.15) is 24.0 Å². The van der Waals surface area contributed by atoms with E-state index in [0.29, 0.717) is 25.9 Å². The van der Waals surface area contributed by atoms with Gasteiger partial charge in [-0.2, -0.15) is 13.2 Å². The average molecular weight is 349 g/mol. The Labute approximate surface area is 137 Å². The molecule has 4 nitrogen and oxygen atoms in total. The smallest absolute Gasteiger partial charge is 0.416 e. The number of hydrogen-bond donors (Lipinski definition) is 1. The van der Waals surface area contributed by atoms with Crippen molar-refractivity contribution in [1.29, 1.82) is 0 Å². The highest BCUT2D eigenvalue weighted by Crippen LogP contribution is 2.31. The molecule has 2 rings (SSSR count). The van der Waals surface area contributed by atoms with Gasteiger partial charge in [0.25, 0.3) is 0 Å². The lowest BCUT2D eigenvalue weighted by Gasteiger charge is -2.33. The van der Waals surface area contributed by atoms with Gasteiger partial charge in [0, 0.05) is 12.1 Å². The number of hydrogen-bond acceptors (Lipinski definition) is 4. The highest BCUT2D eigenvalue weighted by atomic mass is 19.4.